The average molecular weight is 282 g/mol. The minimum absolute atomic E-state index is 0.0417. The Hall–Kier alpha value is -2.20. The number of pyridine rings is 1. The van der Waals surface area contributed by atoms with Gasteiger partial charge < -0.3 is 10.1 Å². The molecule has 1 saturated heterocycles. The molecule has 108 valence electrons. The molecule has 0 bridgehead atoms. The van der Waals surface area contributed by atoms with Gasteiger partial charge in [-0.15, -0.1) is 0 Å². The minimum atomic E-state index is -0.0417. The molecule has 1 amide bonds. The Morgan fingerprint density at radius 3 is 2.76 bits per heavy atom. The van der Waals surface area contributed by atoms with Crippen LogP contribution in [0.15, 0.2) is 42.7 Å². The lowest BCUT2D eigenvalue weighted by Gasteiger charge is -2.11. The van der Waals surface area contributed by atoms with Gasteiger partial charge in [-0.3, -0.25) is 9.78 Å². The molecule has 1 fully saturated rings. The van der Waals surface area contributed by atoms with Crippen molar-refractivity contribution in [3.05, 3.63) is 53.9 Å². The number of amides is 1. The first-order valence-electron chi connectivity index (χ1n) is 7.14. The largest absolute Gasteiger partial charge is 0.379 e. The highest BCUT2D eigenvalue weighted by Crippen LogP contribution is 2.22. The minimum Gasteiger partial charge on any atom is -0.379 e. The number of ether oxygens (including phenoxy) is 1. The lowest BCUT2D eigenvalue weighted by atomic mass is 10.0. The molecule has 2 aromatic rings. The second kappa shape index (κ2) is 6.06. The van der Waals surface area contributed by atoms with Crippen LogP contribution in [0.5, 0.6) is 0 Å². The van der Waals surface area contributed by atoms with E-state index in [-0.39, 0.29) is 11.9 Å². The van der Waals surface area contributed by atoms with E-state index in [0.29, 0.717) is 12.2 Å². The van der Waals surface area contributed by atoms with Crippen LogP contribution in [-0.4, -0.2) is 30.1 Å². The third kappa shape index (κ3) is 3.11. The molecule has 0 aliphatic carbocycles. The monoisotopic (exact) mass is 282 g/mol. The lowest BCUT2D eigenvalue weighted by Crippen LogP contribution is -2.34. The van der Waals surface area contributed by atoms with Crippen LogP contribution in [-0.2, 0) is 4.74 Å². The van der Waals surface area contributed by atoms with Crippen molar-refractivity contribution in [2.24, 2.45) is 0 Å². The fraction of sp³-hybridized carbons (Fsp3) is 0.294. The second-order valence-electron chi connectivity index (χ2n) is 5.30. The Morgan fingerprint density at radius 1 is 1.29 bits per heavy atom. The average Bonchev–Trinajstić information content (AvgIpc) is 3.01. The molecule has 1 aromatic heterocycles. The van der Waals surface area contributed by atoms with Gasteiger partial charge in [0.2, 0.25) is 0 Å². The SMILES string of the molecule is Cc1ccncc1-c1ccc(C(=O)NC2CCOC2)cc1. The number of aryl methyl sites for hydroxylation is 1. The summed E-state index contributed by atoms with van der Waals surface area (Å²) >= 11 is 0. The van der Waals surface area contributed by atoms with Crippen LogP contribution < -0.4 is 5.32 Å². The summed E-state index contributed by atoms with van der Waals surface area (Å²) < 4.78 is 5.26. The highest BCUT2D eigenvalue weighted by atomic mass is 16.5. The van der Waals surface area contributed by atoms with Gasteiger partial charge in [0, 0.05) is 30.1 Å². The molecule has 1 unspecified atom stereocenters. The van der Waals surface area contributed by atoms with Gasteiger partial charge in [-0.2, -0.15) is 0 Å². The number of rotatable bonds is 3. The Balaban J connectivity index is 1.74. The standard InChI is InChI=1S/C17H18N2O2/c1-12-6-8-18-10-16(12)13-2-4-14(5-3-13)17(20)19-15-7-9-21-11-15/h2-6,8,10,15H,7,9,11H2,1H3,(H,19,20). The van der Waals surface area contributed by atoms with Crippen LogP contribution in [0.25, 0.3) is 11.1 Å². The first kappa shape index (κ1) is 13.8. The summed E-state index contributed by atoms with van der Waals surface area (Å²) in [7, 11) is 0. The van der Waals surface area contributed by atoms with Gasteiger partial charge in [-0.1, -0.05) is 12.1 Å². The predicted molar refractivity (Wildman–Crippen MR) is 81.1 cm³/mol. The van der Waals surface area contributed by atoms with Crippen LogP contribution >= 0.6 is 0 Å². The summed E-state index contributed by atoms with van der Waals surface area (Å²) in [4.78, 5) is 16.3. The smallest absolute Gasteiger partial charge is 0.251 e. The zero-order valence-corrected chi connectivity index (χ0v) is 12.0. The maximum Gasteiger partial charge on any atom is 0.251 e. The highest BCUT2D eigenvalue weighted by molar-refractivity contribution is 5.94. The van der Waals surface area contributed by atoms with Gasteiger partial charge in [0.05, 0.1) is 12.6 Å². The maximum atomic E-state index is 12.1. The maximum absolute atomic E-state index is 12.1. The highest BCUT2D eigenvalue weighted by Gasteiger charge is 2.18. The molecule has 1 aromatic carbocycles. The van der Waals surface area contributed by atoms with Crippen LogP contribution in [0.2, 0.25) is 0 Å². The summed E-state index contributed by atoms with van der Waals surface area (Å²) in [6, 6.07) is 9.75. The van der Waals surface area contributed by atoms with Crippen molar-refractivity contribution in [3.8, 4) is 11.1 Å². The van der Waals surface area contributed by atoms with Crippen molar-refractivity contribution in [2.45, 2.75) is 19.4 Å². The molecule has 4 nitrogen and oxygen atoms in total. The van der Waals surface area contributed by atoms with Crippen molar-refractivity contribution >= 4 is 5.91 Å². The number of nitrogens with zero attached hydrogens (tertiary/aromatic N) is 1. The number of hydrogen-bond donors (Lipinski definition) is 1. The Morgan fingerprint density at radius 2 is 2.10 bits per heavy atom. The summed E-state index contributed by atoms with van der Waals surface area (Å²) in [6.45, 7) is 3.39. The Bertz CT molecular complexity index is 631. The number of nitrogens with one attached hydrogen (secondary N) is 1. The van der Waals surface area contributed by atoms with E-state index in [9.17, 15) is 4.79 Å². The molecule has 1 aliphatic heterocycles. The summed E-state index contributed by atoms with van der Waals surface area (Å²) in [5.74, 6) is -0.0417. The van der Waals surface area contributed by atoms with Crippen molar-refractivity contribution in [1.82, 2.24) is 10.3 Å². The molecular weight excluding hydrogens is 264 g/mol. The Kier molecular flexibility index (Phi) is 3.97. The number of carbonyl (C=O) groups excluding carboxylic acids is 1. The van der Waals surface area contributed by atoms with Crippen molar-refractivity contribution in [3.63, 3.8) is 0 Å². The first-order valence-corrected chi connectivity index (χ1v) is 7.14. The molecule has 1 atom stereocenters. The fourth-order valence-corrected chi connectivity index (χ4v) is 2.48. The first-order chi connectivity index (χ1) is 10.2. The number of aromatic nitrogens is 1. The van der Waals surface area contributed by atoms with E-state index >= 15 is 0 Å². The van der Waals surface area contributed by atoms with E-state index in [1.165, 1.54) is 5.56 Å². The van der Waals surface area contributed by atoms with Gasteiger partial charge in [-0.25, -0.2) is 0 Å². The van der Waals surface area contributed by atoms with Gasteiger partial charge in [-0.05, 0) is 42.7 Å². The molecule has 2 heterocycles. The predicted octanol–water partition coefficient (Wildman–Crippen LogP) is 2.58. The molecule has 21 heavy (non-hydrogen) atoms. The fourth-order valence-electron chi connectivity index (χ4n) is 2.48. The van der Waals surface area contributed by atoms with E-state index < -0.39 is 0 Å². The summed E-state index contributed by atoms with van der Waals surface area (Å²) in [5.41, 5.74) is 4.01. The topological polar surface area (TPSA) is 51.2 Å². The van der Waals surface area contributed by atoms with Crippen LogP contribution in [0, 0.1) is 6.92 Å². The van der Waals surface area contributed by atoms with Gasteiger partial charge in [0.25, 0.3) is 5.91 Å². The number of benzene rings is 1. The molecule has 3 rings (SSSR count). The number of carbonyl (C=O) groups is 1. The van der Waals surface area contributed by atoms with E-state index in [4.69, 9.17) is 4.74 Å². The van der Waals surface area contributed by atoms with Gasteiger partial charge in [0.15, 0.2) is 0 Å². The van der Waals surface area contributed by atoms with Gasteiger partial charge in [0.1, 0.15) is 0 Å². The lowest BCUT2D eigenvalue weighted by molar-refractivity contribution is 0.0930. The van der Waals surface area contributed by atoms with Crippen LogP contribution in [0.1, 0.15) is 22.3 Å². The quantitative estimate of drug-likeness (QED) is 0.941. The zero-order valence-electron chi connectivity index (χ0n) is 12.0. The molecule has 1 aliphatic rings. The normalized spacial score (nSPS) is 17.7. The molecule has 1 N–H and O–H groups in total. The second-order valence-corrected chi connectivity index (χ2v) is 5.30. The van der Waals surface area contributed by atoms with E-state index in [1.54, 1.807) is 6.20 Å². The molecule has 0 spiro atoms. The summed E-state index contributed by atoms with van der Waals surface area (Å²) in [6.07, 6.45) is 4.52. The molecule has 4 heteroatoms. The third-order valence-electron chi connectivity index (χ3n) is 3.76. The zero-order chi connectivity index (χ0) is 14.7. The molecular formula is C17H18N2O2. The summed E-state index contributed by atoms with van der Waals surface area (Å²) in [5, 5.41) is 2.99. The van der Waals surface area contributed by atoms with E-state index in [2.05, 4.69) is 17.2 Å². The van der Waals surface area contributed by atoms with Crippen LogP contribution in [0.3, 0.4) is 0 Å². The molecule has 0 saturated carbocycles. The van der Waals surface area contributed by atoms with Crippen molar-refractivity contribution in [1.29, 1.82) is 0 Å². The van der Waals surface area contributed by atoms with E-state index in [1.807, 2.05) is 36.5 Å². The van der Waals surface area contributed by atoms with E-state index in [0.717, 1.165) is 24.2 Å². The third-order valence-corrected chi connectivity index (χ3v) is 3.76. The molecule has 0 radical (unpaired) electrons. The van der Waals surface area contributed by atoms with Gasteiger partial charge >= 0.3 is 0 Å². The Labute approximate surface area is 124 Å². The van der Waals surface area contributed by atoms with Crippen molar-refractivity contribution < 1.29 is 9.53 Å². The van der Waals surface area contributed by atoms with Crippen molar-refractivity contribution in [2.75, 3.05) is 13.2 Å². The number of hydrogen-bond acceptors (Lipinski definition) is 3. The van der Waals surface area contributed by atoms with Crippen LogP contribution in [0.4, 0.5) is 0 Å².